The summed E-state index contributed by atoms with van der Waals surface area (Å²) in [5.41, 5.74) is 5.42. The van der Waals surface area contributed by atoms with E-state index < -0.39 is 97.2 Å². The van der Waals surface area contributed by atoms with Crippen molar-refractivity contribution in [3.8, 4) is 0 Å². The van der Waals surface area contributed by atoms with Crippen molar-refractivity contribution in [3.63, 3.8) is 0 Å². The Morgan fingerprint density at radius 1 is 0.389 bits per heavy atom. The van der Waals surface area contributed by atoms with Gasteiger partial charge in [0.25, 0.3) is 0 Å². The summed E-state index contributed by atoms with van der Waals surface area (Å²) in [6.45, 7) is 5.03. The van der Waals surface area contributed by atoms with Crippen molar-refractivity contribution >= 4 is 59.1 Å². The van der Waals surface area contributed by atoms with E-state index >= 15 is 0 Å². The van der Waals surface area contributed by atoms with Crippen molar-refractivity contribution in [1.29, 1.82) is 0 Å². The van der Waals surface area contributed by atoms with Gasteiger partial charge in [-0.1, -0.05) is 168 Å². The van der Waals surface area contributed by atoms with E-state index in [9.17, 15) is 53.1 Å². The molecule has 0 aliphatic carbocycles. The van der Waals surface area contributed by atoms with Crippen molar-refractivity contribution in [3.05, 3.63) is 0 Å². The molecule has 0 aliphatic heterocycles. The normalized spacial score (nSPS) is 12.7. The molecule has 0 heterocycles. The fourth-order valence-electron chi connectivity index (χ4n) is 8.28. The van der Waals surface area contributed by atoms with Gasteiger partial charge in [0.2, 0.25) is 41.4 Å². The molecule has 0 aliphatic rings. The van der Waals surface area contributed by atoms with Crippen LogP contribution in [-0.2, 0) is 47.9 Å². The fourth-order valence-corrected chi connectivity index (χ4v) is 8.28. The number of rotatable bonds is 49. The molecule has 19 heteroatoms. The van der Waals surface area contributed by atoms with Gasteiger partial charge < -0.3 is 47.8 Å². The minimum atomic E-state index is -1.83. The van der Waals surface area contributed by atoms with Gasteiger partial charge in [0.1, 0.15) is 18.1 Å². The van der Waals surface area contributed by atoms with Crippen LogP contribution in [-0.4, -0.2) is 107 Å². The minimum Gasteiger partial charge on any atom is -0.481 e. The third kappa shape index (κ3) is 39.5. The predicted octanol–water partition coefficient (Wildman–Crippen LogP) is 6.70. The van der Waals surface area contributed by atoms with Crippen molar-refractivity contribution < 1.29 is 58.2 Å². The summed E-state index contributed by atoms with van der Waals surface area (Å²) in [6.07, 6.45) is 29.5. The summed E-state index contributed by atoms with van der Waals surface area (Å²) in [5.74, 6) is -9.15. The summed E-state index contributed by atoms with van der Waals surface area (Å²) in [7, 11) is 0. The number of Topliss-reactive ketones (excluding diaryl/α,β-unsaturated/α-hetero) is 1. The lowest BCUT2D eigenvalue weighted by molar-refractivity contribution is -0.141. The molecule has 0 radical (unpaired) electrons. The molecule has 19 nitrogen and oxygen atoms in total. The van der Waals surface area contributed by atoms with Gasteiger partial charge in [-0.25, -0.2) is 0 Å². The highest BCUT2D eigenvalue weighted by Crippen LogP contribution is 2.15. The maximum absolute atomic E-state index is 13.8. The predicted molar refractivity (Wildman–Crippen MR) is 277 cm³/mol. The molecule has 0 aromatic carbocycles. The Morgan fingerprint density at radius 3 is 1.18 bits per heavy atom. The van der Waals surface area contributed by atoms with Gasteiger partial charge in [-0.2, -0.15) is 0 Å². The summed E-state index contributed by atoms with van der Waals surface area (Å²) < 4.78 is 0. The number of aliphatic carboxylic acids is 2. The first-order chi connectivity index (χ1) is 34.5. The monoisotopic (exact) mass is 1020 g/mol. The standard InChI is InChI=1S/C53H95N7O12/c1-4-6-8-10-12-14-16-18-20-22-24-26-28-33-46(63)55-35-31-30-32-41(57-47(64)34-29-27-25-23-21-19-17-15-13-11-9-7-5-2)52(71)59-43(36-45(54)62)53(72)60-44(38-50(68)69)51(70)56-39-48(65)58-42(40(3)61)37-49(66)67/h41-44H,4-39H2,1-3H3,(H2,54,62)(H,55,63)(H,56,70)(H,57,64)(H,58,65)(H,59,71)(H,60,72)(H,66,67)(H,68,69)/t41-,42-,43-,44-/m0/s1. The number of hydrogen-bond donors (Lipinski definition) is 9. The van der Waals surface area contributed by atoms with Crippen LogP contribution >= 0.6 is 0 Å². The highest BCUT2D eigenvalue weighted by atomic mass is 16.4. The van der Waals surface area contributed by atoms with Crippen LogP contribution in [0.15, 0.2) is 0 Å². The average molecular weight is 1020 g/mol. The number of carbonyl (C=O) groups excluding carboxylic acids is 8. The maximum atomic E-state index is 13.8. The molecule has 0 saturated carbocycles. The Morgan fingerprint density at radius 2 is 0.764 bits per heavy atom. The lowest BCUT2D eigenvalue weighted by atomic mass is 10.0. The van der Waals surface area contributed by atoms with Gasteiger partial charge in [-0.3, -0.25) is 47.9 Å². The molecule has 7 amide bonds. The summed E-state index contributed by atoms with van der Waals surface area (Å²) in [5, 5.41) is 33.1. The first-order valence-electron chi connectivity index (χ1n) is 27.5. The molecule has 0 spiro atoms. The van der Waals surface area contributed by atoms with Gasteiger partial charge in [0.05, 0.1) is 31.8 Å². The lowest BCUT2D eigenvalue weighted by Crippen LogP contribution is -2.58. The number of carbonyl (C=O) groups is 10. The van der Waals surface area contributed by atoms with Crippen LogP contribution < -0.4 is 37.6 Å². The zero-order valence-electron chi connectivity index (χ0n) is 44.3. The third-order valence-electron chi connectivity index (χ3n) is 12.6. The Bertz CT molecular complexity index is 1600. The maximum Gasteiger partial charge on any atom is 0.305 e. The number of carboxylic acid groups (broad SMARTS) is 2. The molecule has 0 fully saturated rings. The van der Waals surface area contributed by atoms with Gasteiger partial charge in [0.15, 0.2) is 5.78 Å². The van der Waals surface area contributed by atoms with Crippen LogP contribution in [0, 0.1) is 0 Å². The second kappa shape index (κ2) is 44.6. The Labute approximate surface area is 430 Å². The second-order valence-electron chi connectivity index (χ2n) is 19.4. The van der Waals surface area contributed by atoms with Gasteiger partial charge in [-0.05, 0) is 39.0 Å². The fraction of sp³-hybridized carbons (Fsp3) is 0.811. The molecule has 4 atom stereocenters. The number of nitrogens with one attached hydrogen (secondary N) is 6. The van der Waals surface area contributed by atoms with Crippen molar-refractivity contribution in [2.45, 2.75) is 263 Å². The van der Waals surface area contributed by atoms with Gasteiger partial charge >= 0.3 is 11.9 Å². The number of amides is 7. The number of hydrogen-bond acceptors (Lipinski definition) is 10. The molecule has 0 aromatic rings. The molecule has 0 bridgehead atoms. The first-order valence-corrected chi connectivity index (χ1v) is 27.5. The molecule has 0 rings (SSSR count). The molecule has 10 N–H and O–H groups in total. The highest BCUT2D eigenvalue weighted by molar-refractivity contribution is 5.98. The quantitative estimate of drug-likeness (QED) is 0.0288. The lowest BCUT2D eigenvalue weighted by Gasteiger charge is -2.24. The zero-order valence-corrected chi connectivity index (χ0v) is 44.3. The zero-order chi connectivity index (χ0) is 53.8. The number of primary amides is 1. The van der Waals surface area contributed by atoms with Crippen LogP contribution in [0.25, 0.3) is 0 Å². The van der Waals surface area contributed by atoms with E-state index in [1.165, 1.54) is 116 Å². The SMILES string of the molecule is CCCCCCCCCCCCCCCC(=O)NCCCC[C@H](NC(=O)CCCCCCCCCCCCCCC)C(=O)N[C@@H](CC(N)=O)C(=O)N[C@@H](CC(=O)O)C(=O)NCC(=O)N[C@@H](CC(=O)O)C(C)=O. The largest absolute Gasteiger partial charge is 0.481 e. The van der Waals surface area contributed by atoms with E-state index in [2.05, 4.69) is 45.7 Å². The van der Waals surface area contributed by atoms with Gasteiger partial charge in [-0.15, -0.1) is 0 Å². The molecule has 0 unspecified atom stereocenters. The van der Waals surface area contributed by atoms with E-state index in [1.807, 2.05) is 0 Å². The van der Waals surface area contributed by atoms with E-state index in [1.54, 1.807) is 0 Å². The Kier molecular flexibility index (Phi) is 41.4. The second-order valence-corrected chi connectivity index (χ2v) is 19.4. The van der Waals surface area contributed by atoms with Crippen LogP contribution in [0.3, 0.4) is 0 Å². The van der Waals surface area contributed by atoms with E-state index in [0.29, 0.717) is 32.2 Å². The van der Waals surface area contributed by atoms with Crippen molar-refractivity contribution in [2.75, 3.05) is 13.1 Å². The van der Waals surface area contributed by atoms with E-state index in [0.717, 1.165) is 51.9 Å². The van der Waals surface area contributed by atoms with Crippen LogP contribution in [0.2, 0.25) is 0 Å². The van der Waals surface area contributed by atoms with Crippen LogP contribution in [0.5, 0.6) is 0 Å². The number of nitrogens with two attached hydrogens (primary N) is 1. The number of carboxylic acids is 2. The summed E-state index contributed by atoms with van der Waals surface area (Å²) in [4.78, 5) is 125. The van der Waals surface area contributed by atoms with Crippen LogP contribution in [0.1, 0.15) is 239 Å². The Balaban J connectivity index is 5.45. The van der Waals surface area contributed by atoms with E-state index in [4.69, 9.17) is 10.8 Å². The average Bonchev–Trinajstić information content (AvgIpc) is 3.32. The summed E-state index contributed by atoms with van der Waals surface area (Å²) >= 11 is 0. The molecular weight excluding hydrogens is 927 g/mol. The summed E-state index contributed by atoms with van der Waals surface area (Å²) in [6, 6.07) is -6.09. The molecular formula is C53H95N7O12. The molecule has 0 aromatic heterocycles. The number of unbranched alkanes of at least 4 members (excludes halogenated alkanes) is 25. The molecule has 72 heavy (non-hydrogen) atoms. The number of ketones is 1. The van der Waals surface area contributed by atoms with Crippen molar-refractivity contribution in [1.82, 2.24) is 31.9 Å². The highest BCUT2D eigenvalue weighted by Gasteiger charge is 2.32. The molecule has 0 saturated heterocycles. The smallest absolute Gasteiger partial charge is 0.305 e. The minimum absolute atomic E-state index is 0.0608. The third-order valence-corrected chi connectivity index (χ3v) is 12.6. The topological polar surface area (TPSA) is 309 Å². The van der Waals surface area contributed by atoms with E-state index in [-0.39, 0.29) is 24.7 Å². The van der Waals surface area contributed by atoms with Crippen LogP contribution in [0.4, 0.5) is 0 Å². The van der Waals surface area contributed by atoms with Gasteiger partial charge in [0, 0.05) is 19.4 Å². The molecule has 414 valence electrons. The first kappa shape index (κ1) is 66.9. The Hall–Kier alpha value is -5.10. The van der Waals surface area contributed by atoms with Crippen molar-refractivity contribution in [2.24, 2.45) is 5.73 Å².